The van der Waals surface area contributed by atoms with E-state index in [4.69, 9.17) is 0 Å². The molecular formula is C11H8O4. The zero-order valence-corrected chi connectivity index (χ0v) is 7.98. The second kappa shape index (κ2) is 4.82. The molecule has 0 heterocycles. The zero-order valence-electron chi connectivity index (χ0n) is 7.98. The lowest BCUT2D eigenvalue weighted by molar-refractivity contribution is -0.133. The first-order valence-corrected chi connectivity index (χ1v) is 4.05. The Morgan fingerprint density at radius 3 is 2.80 bits per heavy atom. The summed E-state index contributed by atoms with van der Waals surface area (Å²) >= 11 is 0. The van der Waals surface area contributed by atoms with Crippen molar-refractivity contribution in [2.24, 2.45) is 0 Å². The van der Waals surface area contributed by atoms with Gasteiger partial charge in [0.1, 0.15) is 5.75 Å². The number of aromatic hydroxyl groups is 1. The average molecular weight is 204 g/mol. The number of phenolic OH excluding ortho intramolecular Hbond substituents is 1. The van der Waals surface area contributed by atoms with Crippen molar-refractivity contribution in [3.05, 3.63) is 29.3 Å². The van der Waals surface area contributed by atoms with Crippen LogP contribution in [0.4, 0.5) is 0 Å². The maximum absolute atomic E-state index is 10.7. The molecular weight excluding hydrogens is 196 g/mol. The van der Waals surface area contributed by atoms with Crippen LogP contribution < -0.4 is 0 Å². The molecule has 0 fully saturated rings. The van der Waals surface area contributed by atoms with Crippen molar-refractivity contribution in [3.63, 3.8) is 0 Å². The molecule has 1 N–H and O–H groups in total. The van der Waals surface area contributed by atoms with Crippen molar-refractivity contribution in [2.75, 3.05) is 7.11 Å². The predicted octanol–water partition coefficient (Wildman–Crippen LogP) is 0.729. The van der Waals surface area contributed by atoms with Gasteiger partial charge in [0.15, 0.2) is 6.29 Å². The Morgan fingerprint density at radius 2 is 2.27 bits per heavy atom. The van der Waals surface area contributed by atoms with Crippen molar-refractivity contribution in [3.8, 4) is 17.6 Å². The highest BCUT2D eigenvalue weighted by atomic mass is 16.5. The third kappa shape index (κ3) is 2.85. The monoisotopic (exact) mass is 204 g/mol. The summed E-state index contributed by atoms with van der Waals surface area (Å²) < 4.78 is 4.32. The van der Waals surface area contributed by atoms with Crippen LogP contribution in [0.1, 0.15) is 15.9 Å². The molecule has 0 saturated carbocycles. The van der Waals surface area contributed by atoms with Gasteiger partial charge < -0.3 is 9.84 Å². The Hall–Kier alpha value is -2.28. The summed E-state index contributed by atoms with van der Waals surface area (Å²) in [5, 5.41) is 9.30. The lowest BCUT2D eigenvalue weighted by atomic mass is 10.1. The van der Waals surface area contributed by atoms with Crippen LogP contribution in [0.5, 0.6) is 5.75 Å². The van der Waals surface area contributed by atoms with Crippen molar-refractivity contribution in [1.82, 2.24) is 0 Å². The standard InChI is InChI=1S/C11H8O4/c1-15-11(14)5-3-8-2-4-9(7-12)10(13)6-8/h2,4,6-7,13H,1H3. The number of esters is 1. The van der Waals surface area contributed by atoms with Gasteiger partial charge in [-0.2, -0.15) is 0 Å². The molecule has 0 aliphatic rings. The average Bonchev–Trinajstić information content (AvgIpc) is 2.26. The lowest BCUT2D eigenvalue weighted by Gasteiger charge is -1.96. The number of carbonyl (C=O) groups excluding carboxylic acids is 2. The Bertz CT molecular complexity index is 451. The summed E-state index contributed by atoms with van der Waals surface area (Å²) in [5.41, 5.74) is 0.613. The maximum atomic E-state index is 10.7. The number of benzene rings is 1. The highest BCUT2D eigenvalue weighted by Crippen LogP contribution is 2.15. The van der Waals surface area contributed by atoms with Gasteiger partial charge >= 0.3 is 5.97 Å². The summed E-state index contributed by atoms with van der Waals surface area (Å²) in [4.78, 5) is 21.1. The number of rotatable bonds is 1. The number of methoxy groups -OCH3 is 1. The predicted molar refractivity (Wildman–Crippen MR) is 52.4 cm³/mol. The summed E-state index contributed by atoms with van der Waals surface area (Å²) in [6.45, 7) is 0. The van der Waals surface area contributed by atoms with Gasteiger partial charge in [0.25, 0.3) is 0 Å². The third-order valence-corrected chi connectivity index (χ3v) is 1.65. The first-order valence-electron chi connectivity index (χ1n) is 4.05. The zero-order chi connectivity index (χ0) is 11.3. The second-order valence-electron chi connectivity index (χ2n) is 2.63. The van der Waals surface area contributed by atoms with E-state index in [0.717, 1.165) is 0 Å². The second-order valence-corrected chi connectivity index (χ2v) is 2.63. The highest BCUT2D eigenvalue weighted by molar-refractivity contribution is 5.89. The molecule has 15 heavy (non-hydrogen) atoms. The van der Waals surface area contributed by atoms with Gasteiger partial charge in [0, 0.05) is 11.5 Å². The SMILES string of the molecule is COC(=O)C#Cc1ccc(C=O)c(O)c1. The van der Waals surface area contributed by atoms with Gasteiger partial charge in [-0.25, -0.2) is 4.79 Å². The van der Waals surface area contributed by atoms with E-state index in [1.54, 1.807) is 0 Å². The molecule has 1 aromatic carbocycles. The largest absolute Gasteiger partial charge is 0.507 e. The summed E-state index contributed by atoms with van der Waals surface area (Å²) in [5.74, 6) is 3.87. The molecule has 0 bridgehead atoms. The number of hydrogen-bond acceptors (Lipinski definition) is 4. The molecule has 0 radical (unpaired) electrons. The van der Waals surface area contributed by atoms with Crippen LogP contribution in [0.25, 0.3) is 0 Å². The van der Waals surface area contributed by atoms with Crippen LogP contribution in [0, 0.1) is 11.8 Å². The van der Waals surface area contributed by atoms with Crippen LogP contribution in [0.2, 0.25) is 0 Å². The number of aldehydes is 1. The van der Waals surface area contributed by atoms with E-state index < -0.39 is 5.97 Å². The number of carbonyl (C=O) groups is 2. The maximum Gasteiger partial charge on any atom is 0.384 e. The van der Waals surface area contributed by atoms with E-state index in [2.05, 4.69) is 16.6 Å². The van der Waals surface area contributed by atoms with Crippen LogP contribution in [-0.2, 0) is 9.53 Å². The minimum absolute atomic E-state index is 0.165. The fourth-order valence-corrected chi connectivity index (χ4v) is 0.895. The van der Waals surface area contributed by atoms with E-state index in [-0.39, 0.29) is 11.3 Å². The van der Waals surface area contributed by atoms with Gasteiger partial charge in [-0.15, -0.1) is 0 Å². The molecule has 0 atom stereocenters. The van der Waals surface area contributed by atoms with E-state index in [0.29, 0.717) is 11.8 Å². The normalized spacial score (nSPS) is 8.60. The van der Waals surface area contributed by atoms with E-state index in [1.807, 2.05) is 0 Å². The van der Waals surface area contributed by atoms with Crippen molar-refractivity contribution < 1.29 is 19.4 Å². The molecule has 0 saturated heterocycles. The van der Waals surface area contributed by atoms with Crippen LogP contribution in [0.3, 0.4) is 0 Å². The van der Waals surface area contributed by atoms with E-state index in [1.165, 1.54) is 25.3 Å². The first kappa shape index (κ1) is 10.8. The minimum atomic E-state index is -0.658. The molecule has 0 spiro atoms. The molecule has 1 aromatic rings. The van der Waals surface area contributed by atoms with Gasteiger partial charge in [-0.3, -0.25) is 4.79 Å². The van der Waals surface area contributed by atoms with Crippen molar-refractivity contribution in [2.45, 2.75) is 0 Å². The molecule has 76 valence electrons. The fourth-order valence-electron chi connectivity index (χ4n) is 0.895. The quantitative estimate of drug-likeness (QED) is 0.416. The molecule has 0 aliphatic carbocycles. The molecule has 0 aliphatic heterocycles. The minimum Gasteiger partial charge on any atom is -0.507 e. The highest BCUT2D eigenvalue weighted by Gasteiger charge is 1.99. The summed E-state index contributed by atoms with van der Waals surface area (Å²) in [6.07, 6.45) is 0.535. The first-order chi connectivity index (χ1) is 7.17. The summed E-state index contributed by atoms with van der Waals surface area (Å²) in [6, 6.07) is 4.25. The Balaban J connectivity index is 2.96. The lowest BCUT2D eigenvalue weighted by Crippen LogP contribution is -1.94. The number of hydrogen-bond donors (Lipinski definition) is 1. The van der Waals surface area contributed by atoms with Crippen molar-refractivity contribution >= 4 is 12.3 Å². The van der Waals surface area contributed by atoms with Crippen LogP contribution >= 0.6 is 0 Å². The van der Waals surface area contributed by atoms with E-state index >= 15 is 0 Å². The van der Waals surface area contributed by atoms with Gasteiger partial charge in [-0.1, -0.05) is 5.92 Å². The Morgan fingerprint density at radius 1 is 1.53 bits per heavy atom. The third-order valence-electron chi connectivity index (χ3n) is 1.65. The topological polar surface area (TPSA) is 63.6 Å². The van der Waals surface area contributed by atoms with Crippen molar-refractivity contribution in [1.29, 1.82) is 0 Å². The number of ether oxygens (including phenoxy) is 1. The Labute approximate surface area is 86.5 Å². The Kier molecular flexibility index (Phi) is 3.47. The fraction of sp³-hybridized carbons (Fsp3) is 0.0909. The molecule has 4 heteroatoms. The van der Waals surface area contributed by atoms with Gasteiger partial charge in [-0.05, 0) is 18.2 Å². The van der Waals surface area contributed by atoms with Gasteiger partial charge in [0.2, 0.25) is 0 Å². The molecule has 0 unspecified atom stereocenters. The van der Waals surface area contributed by atoms with Crippen LogP contribution in [-0.4, -0.2) is 24.5 Å². The van der Waals surface area contributed by atoms with Gasteiger partial charge in [0.05, 0.1) is 12.7 Å². The summed E-state index contributed by atoms with van der Waals surface area (Å²) in [7, 11) is 1.23. The van der Waals surface area contributed by atoms with E-state index in [9.17, 15) is 14.7 Å². The molecule has 0 aromatic heterocycles. The molecule has 4 nitrogen and oxygen atoms in total. The molecule has 0 amide bonds. The van der Waals surface area contributed by atoms with Crippen LogP contribution in [0.15, 0.2) is 18.2 Å². The smallest absolute Gasteiger partial charge is 0.384 e. The molecule has 1 rings (SSSR count). The number of phenols is 1.